The van der Waals surface area contributed by atoms with E-state index in [0.29, 0.717) is 11.4 Å². The predicted octanol–water partition coefficient (Wildman–Crippen LogP) is 2.68. The van der Waals surface area contributed by atoms with Crippen molar-refractivity contribution in [1.29, 1.82) is 0 Å². The van der Waals surface area contributed by atoms with Crippen LogP contribution in [-0.4, -0.2) is 30.9 Å². The summed E-state index contributed by atoms with van der Waals surface area (Å²) in [6, 6.07) is 4.93. The molecule has 0 aliphatic rings. The van der Waals surface area contributed by atoms with Crippen molar-refractivity contribution in [2.45, 2.75) is 13.1 Å². The second kappa shape index (κ2) is 5.81. The number of methoxy groups -OCH3 is 1. The number of carboxylic acid groups (broad SMARTS) is 1. The van der Waals surface area contributed by atoms with Crippen LogP contribution in [0, 0.1) is 12.8 Å². The van der Waals surface area contributed by atoms with E-state index in [1.165, 1.54) is 7.11 Å². The van der Waals surface area contributed by atoms with E-state index in [9.17, 15) is 18.0 Å². The summed E-state index contributed by atoms with van der Waals surface area (Å²) < 4.78 is 42.4. The number of benzene rings is 1. The Morgan fingerprint density at radius 1 is 1.47 bits per heavy atom. The molecule has 2 N–H and O–H groups in total. The van der Waals surface area contributed by atoms with Crippen LogP contribution in [0.4, 0.5) is 18.9 Å². The molecule has 0 radical (unpaired) electrons. The third-order valence-electron chi connectivity index (χ3n) is 2.54. The minimum Gasteiger partial charge on any atom is -0.495 e. The normalized spacial score (nSPS) is 12.9. The van der Waals surface area contributed by atoms with Gasteiger partial charge in [-0.25, -0.2) is 0 Å². The third kappa shape index (κ3) is 4.04. The molecule has 1 unspecified atom stereocenters. The number of aryl methyl sites for hydroxylation is 1. The van der Waals surface area contributed by atoms with Gasteiger partial charge in [-0.05, 0) is 24.6 Å². The number of alkyl halides is 3. The van der Waals surface area contributed by atoms with E-state index in [0.717, 1.165) is 5.56 Å². The lowest BCUT2D eigenvalue weighted by Crippen LogP contribution is -2.36. The lowest BCUT2D eigenvalue weighted by atomic mass is 10.1. The van der Waals surface area contributed by atoms with Crippen molar-refractivity contribution in [1.82, 2.24) is 0 Å². The maximum atomic E-state index is 12.5. The minimum atomic E-state index is -4.80. The molecule has 0 saturated heterocycles. The molecule has 0 heterocycles. The Hall–Kier alpha value is -1.92. The predicted molar refractivity (Wildman–Crippen MR) is 63.4 cm³/mol. The second-order valence-corrected chi connectivity index (χ2v) is 4.02. The summed E-state index contributed by atoms with van der Waals surface area (Å²) in [6.45, 7) is 1.02. The number of carboxylic acids is 1. The lowest BCUT2D eigenvalue weighted by molar-refractivity contribution is -0.190. The SMILES string of the molecule is COc1ccc(C)cc1NCC(C(=O)O)C(F)(F)F. The molecule has 1 atom stereocenters. The molecule has 0 aliphatic heterocycles. The summed E-state index contributed by atoms with van der Waals surface area (Å²) in [5, 5.41) is 11.0. The van der Waals surface area contributed by atoms with E-state index in [1.54, 1.807) is 25.1 Å². The smallest absolute Gasteiger partial charge is 0.403 e. The molecule has 1 rings (SSSR count). The van der Waals surface area contributed by atoms with Crippen molar-refractivity contribution in [2.75, 3.05) is 19.0 Å². The largest absolute Gasteiger partial charge is 0.495 e. The summed E-state index contributed by atoms with van der Waals surface area (Å²) in [5.41, 5.74) is 1.15. The first kappa shape index (κ1) is 15.1. The number of rotatable bonds is 5. The molecule has 19 heavy (non-hydrogen) atoms. The fraction of sp³-hybridized carbons (Fsp3) is 0.417. The summed E-state index contributed by atoms with van der Waals surface area (Å²) in [5.74, 6) is -4.01. The summed E-state index contributed by atoms with van der Waals surface area (Å²) in [6.07, 6.45) is -4.80. The van der Waals surface area contributed by atoms with Crippen molar-refractivity contribution in [3.63, 3.8) is 0 Å². The van der Waals surface area contributed by atoms with Crippen molar-refractivity contribution in [3.8, 4) is 5.75 Å². The first-order valence-electron chi connectivity index (χ1n) is 5.43. The van der Waals surface area contributed by atoms with Crippen LogP contribution in [0.3, 0.4) is 0 Å². The highest BCUT2D eigenvalue weighted by molar-refractivity contribution is 5.72. The topological polar surface area (TPSA) is 58.6 Å². The maximum Gasteiger partial charge on any atom is 0.403 e. The Bertz CT molecular complexity index is 460. The first-order chi connectivity index (χ1) is 8.75. The molecule has 1 aromatic carbocycles. The number of nitrogens with one attached hydrogen (secondary N) is 1. The number of aliphatic carboxylic acids is 1. The summed E-state index contributed by atoms with van der Waals surface area (Å²) in [7, 11) is 1.38. The van der Waals surface area contributed by atoms with Crippen molar-refractivity contribution < 1.29 is 27.8 Å². The van der Waals surface area contributed by atoms with Crippen LogP contribution in [0.5, 0.6) is 5.75 Å². The molecule has 1 aromatic rings. The van der Waals surface area contributed by atoms with Gasteiger partial charge in [-0.15, -0.1) is 0 Å². The molecular weight excluding hydrogens is 263 g/mol. The molecule has 0 fully saturated rings. The highest BCUT2D eigenvalue weighted by Crippen LogP contribution is 2.29. The zero-order valence-corrected chi connectivity index (χ0v) is 10.4. The quantitative estimate of drug-likeness (QED) is 0.868. The Kier molecular flexibility index (Phi) is 4.63. The molecule has 7 heteroatoms. The molecule has 106 valence electrons. The van der Waals surface area contributed by atoms with Crippen LogP contribution in [0.1, 0.15) is 5.56 Å². The first-order valence-corrected chi connectivity index (χ1v) is 5.43. The molecule has 0 amide bonds. The van der Waals surface area contributed by atoms with Gasteiger partial charge in [-0.2, -0.15) is 13.2 Å². The van der Waals surface area contributed by atoms with Crippen LogP contribution in [-0.2, 0) is 4.79 Å². The van der Waals surface area contributed by atoms with E-state index in [-0.39, 0.29) is 0 Å². The van der Waals surface area contributed by atoms with Gasteiger partial charge in [0.1, 0.15) is 5.75 Å². The Labute approximate surface area is 108 Å². The molecule has 0 bridgehead atoms. The van der Waals surface area contributed by atoms with Crippen LogP contribution < -0.4 is 10.1 Å². The zero-order valence-electron chi connectivity index (χ0n) is 10.4. The molecule has 0 aromatic heterocycles. The minimum absolute atomic E-state index is 0.331. The monoisotopic (exact) mass is 277 g/mol. The molecule has 0 aliphatic carbocycles. The second-order valence-electron chi connectivity index (χ2n) is 4.02. The van der Waals surface area contributed by atoms with Gasteiger partial charge < -0.3 is 15.2 Å². The highest BCUT2D eigenvalue weighted by atomic mass is 19.4. The number of halogens is 3. The Morgan fingerprint density at radius 3 is 2.58 bits per heavy atom. The lowest BCUT2D eigenvalue weighted by Gasteiger charge is -2.18. The highest BCUT2D eigenvalue weighted by Gasteiger charge is 2.44. The van der Waals surface area contributed by atoms with Gasteiger partial charge in [0.2, 0.25) is 0 Å². The van der Waals surface area contributed by atoms with E-state index >= 15 is 0 Å². The van der Waals surface area contributed by atoms with E-state index in [4.69, 9.17) is 9.84 Å². The number of hydrogen-bond acceptors (Lipinski definition) is 3. The van der Waals surface area contributed by atoms with Crippen molar-refractivity contribution in [3.05, 3.63) is 23.8 Å². The van der Waals surface area contributed by atoms with Crippen molar-refractivity contribution >= 4 is 11.7 Å². The van der Waals surface area contributed by atoms with Crippen LogP contribution in [0.2, 0.25) is 0 Å². The van der Waals surface area contributed by atoms with Gasteiger partial charge in [0.05, 0.1) is 12.8 Å². The molecular formula is C12H14F3NO3. The number of carbonyl (C=O) groups is 1. The molecule has 0 saturated carbocycles. The zero-order chi connectivity index (χ0) is 14.6. The van der Waals surface area contributed by atoms with Crippen LogP contribution >= 0.6 is 0 Å². The number of anilines is 1. The van der Waals surface area contributed by atoms with Gasteiger partial charge in [-0.1, -0.05) is 6.07 Å². The fourth-order valence-corrected chi connectivity index (χ4v) is 1.52. The van der Waals surface area contributed by atoms with Gasteiger partial charge >= 0.3 is 12.1 Å². The van der Waals surface area contributed by atoms with Gasteiger partial charge in [0.15, 0.2) is 5.92 Å². The van der Waals surface area contributed by atoms with E-state index in [2.05, 4.69) is 5.32 Å². The molecule has 0 spiro atoms. The van der Waals surface area contributed by atoms with Crippen LogP contribution in [0.15, 0.2) is 18.2 Å². The van der Waals surface area contributed by atoms with Crippen LogP contribution in [0.25, 0.3) is 0 Å². The van der Waals surface area contributed by atoms with E-state index < -0.39 is 24.6 Å². The summed E-state index contributed by atoms with van der Waals surface area (Å²) in [4.78, 5) is 10.6. The Morgan fingerprint density at radius 2 is 2.11 bits per heavy atom. The Balaban J connectivity index is 2.85. The number of hydrogen-bond donors (Lipinski definition) is 2. The molecule has 4 nitrogen and oxygen atoms in total. The average molecular weight is 277 g/mol. The standard InChI is InChI=1S/C12H14F3NO3/c1-7-3-4-10(19-2)9(5-7)16-6-8(11(17)18)12(13,14)15/h3-5,8,16H,6H2,1-2H3,(H,17,18). The fourth-order valence-electron chi connectivity index (χ4n) is 1.52. The van der Waals surface area contributed by atoms with Gasteiger partial charge in [0, 0.05) is 6.54 Å². The average Bonchev–Trinajstić information content (AvgIpc) is 2.27. The van der Waals surface area contributed by atoms with E-state index in [1.807, 2.05) is 0 Å². The van der Waals surface area contributed by atoms with Gasteiger partial charge in [0.25, 0.3) is 0 Å². The maximum absolute atomic E-state index is 12.5. The number of ether oxygens (including phenoxy) is 1. The summed E-state index contributed by atoms with van der Waals surface area (Å²) >= 11 is 0. The van der Waals surface area contributed by atoms with Gasteiger partial charge in [-0.3, -0.25) is 4.79 Å². The third-order valence-corrected chi connectivity index (χ3v) is 2.54. The van der Waals surface area contributed by atoms with Crippen molar-refractivity contribution in [2.24, 2.45) is 5.92 Å².